The van der Waals surface area contributed by atoms with E-state index in [9.17, 15) is 4.79 Å². The van der Waals surface area contributed by atoms with Gasteiger partial charge in [-0.1, -0.05) is 6.07 Å². The van der Waals surface area contributed by atoms with Gasteiger partial charge in [-0.25, -0.2) is 4.79 Å². The molecule has 0 saturated carbocycles. The molecule has 0 radical (unpaired) electrons. The van der Waals surface area contributed by atoms with Gasteiger partial charge in [0, 0.05) is 57.6 Å². The van der Waals surface area contributed by atoms with Crippen LogP contribution in [0.5, 0.6) is 5.75 Å². The lowest BCUT2D eigenvalue weighted by Crippen LogP contribution is -2.50. The summed E-state index contributed by atoms with van der Waals surface area (Å²) in [6.45, 7) is 6.65. The third kappa shape index (κ3) is 7.33. The number of guanidine groups is 1. The maximum Gasteiger partial charge on any atom is 0.409 e. The molecule has 8 nitrogen and oxygen atoms in total. The SMILES string of the molecule is CCOC(=O)N1CCC(NC(=NC)NCC2CCN(c3cccc(OC)c3)C2)CC1.I. The normalized spacial score (nSPS) is 19.6. The number of anilines is 1. The van der Waals surface area contributed by atoms with E-state index in [1.54, 1.807) is 19.1 Å². The highest BCUT2D eigenvalue weighted by atomic mass is 127. The fourth-order valence-electron chi connectivity index (χ4n) is 4.09. The smallest absolute Gasteiger partial charge is 0.409 e. The van der Waals surface area contributed by atoms with Crippen LogP contribution in [0.1, 0.15) is 26.2 Å². The van der Waals surface area contributed by atoms with Crippen LogP contribution in [0.3, 0.4) is 0 Å². The number of nitrogens with one attached hydrogen (secondary N) is 2. The molecule has 2 heterocycles. The number of ether oxygens (including phenoxy) is 2. The van der Waals surface area contributed by atoms with Gasteiger partial charge in [0.05, 0.1) is 13.7 Å². The maximum absolute atomic E-state index is 11.8. The number of amides is 1. The fraction of sp³-hybridized carbons (Fsp3) is 0.636. The lowest BCUT2D eigenvalue weighted by atomic mass is 10.1. The summed E-state index contributed by atoms with van der Waals surface area (Å²) in [7, 11) is 3.51. The number of halogens is 1. The number of nitrogens with zero attached hydrogens (tertiary/aromatic N) is 3. The minimum absolute atomic E-state index is 0. The van der Waals surface area contributed by atoms with Crippen molar-refractivity contribution < 1.29 is 14.3 Å². The summed E-state index contributed by atoms with van der Waals surface area (Å²) in [6.07, 6.45) is 2.73. The van der Waals surface area contributed by atoms with Crippen molar-refractivity contribution in [2.24, 2.45) is 10.9 Å². The largest absolute Gasteiger partial charge is 0.497 e. The molecule has 2 saturated heterocycles. The standard InChI is InChI=1S/C22H35N5O3.HI/c1-4-30-22(28)26-12-9-18(10-13-26)25-21(23-2)24-15-17-8-11-27(16-17)19-6-5-7-20(14-19)29-3;/h5-7,14,17-18H,4,8-13,15-16H2,1-3H3,(H2,23,24,25);1H. The van der Waals surface area contributed by atoms with Crippen LogP contribution in [-0.2, 0) is 4.74 Å². The quantitative estimate of drug-likeness (QED) is 0.325. The number of methoxy groups -OCH3 is 1. The van der Waals surface area contributed by atoms with E-state index in [-0.39, 0.29) is 30.1 Å². The summed E-state index contributed by atoms with van der Waals surface area (Å²) in [5, 5.41) is 7.00. The van der Waals surface area contributed by atoms with Crippen LogP contribution >= 0.6 is 24.0 Å². The highest BCUT2D eigenvalue weighted by molar-refractivity contribution is 14.0. The van der Waals surface area contributed by atoms with E-state index < -0.39 is 0 Å². The molecule has 0 aliphatic carbocycles. The van der Waals surface area contributed by atoms with E-state index in [4.69, 9.17) is 9.47 Å². The van der Waals surface area contributed by atoms with Crippen molar-refractivity contribution in [1.29, 1.82) is 0 Å². The van der Waals surface area contributed by atoms with Gasteiger partial charge in [-0.15, -0.1) is 24.0 Å². The number of likely N-dealkylation sites (tertiary alicyclic amines) is 1. The zero-order valence-corrected chi connectivity index (χ0v) is 21.1. The van der Waals surface area contributed by atoms with E-state index in [0.717, 1.165) is 50.6 Å². The van der Waals surface area contributed by atoms with Gasteiger partial charge in [0.25, 0.3) is 0 Å². The first-order chi connectivity index (χ1) is 14.6. The molecular formula is C22H36IN5O3. The van der Waals surface area contributed by atoms with E-state index in [2.05, 4.69) is 32.7 Å². The Morgan fingerprint density at radius 1 is 1.23 bits per heavy atom. The number of carbonyl (C=O) groups is 1. The molecule has 1 unspecified atom stereocenters. The highest BCUT2D eigenvalue weighted by Gasteiger charge is 2.25. The molecule has 2 aliphatic heterocycles. The number of hydrogen-bond acceptors (Lipinski definition) is 5. The molecule has 1 aromatic carbocycles. The minimum atomic E-state index is -0.208. The van der Waals surface area contributed by atoms with Gasteiger partial charge in [0.2, 0.25) is 0 Å². The van der Waals surface area contributed by atoms with E-state index >= 15 is 0 Å². The lowest BCUT2D eigenvalue weighted by molar-refractivity contribution is 0.0963. The average molecular weight is 545 g/mol. The van der Waals surface area contributed by atoms with Crippen molar-refractivity contribution in [3.8, 4) is 5.75 Å². The first-order valence-corrected chi connectivity index (χ1v) is 10.9. The molecule has 1 amide bonds. The summed E-state index contributed by atoms with van der Waals surface area (Å²) in [4.78, 5) is 20.4. The van der Waals surface area contributed by atoms with Crippen LogP contribution in [0.4, 0.5) is 10.5 Å². The topological polar surface area (TPSA) is 78.4 Å². The molecule has 3 rings (SSSR count). The van der Waals surface area contributed by atoms with Gasteiger partial charge in [-0.05, 0) is 44.2 Å². The molecule has 0 bridgehead atoms. The van der Waals surface area contributed by atoms with E-state index in [1.165, 1.54) is 5.69 Å². The second-order valence-corrected chi connectivity index (χ2v) is 7.86. The van der Waals surface area contributed by atoms with E-state index in [1.807, 2.05) is 19.1 Å². The Labute approximate surface area is 202 Å². The van der Waals surface area contributed by atoms with Gasteiger partial charge in [0.1, 0.15) is 5.75 Å². The summed E-state index contributed by atoms with van der Waals surface area (Å²) in [6, 6.07) is 8.57. The first kappa shape index (κ1) is 25.4. The summed E-state index contributed by atoms with van der Waals surface area (Å²) < 4.78 is 10.4. The lowest BCUT2D eigenvalue weighted by Gasteiger charge is -2.32. The van der Waals surface area contributed by atoms with E-state index in [0.29, 0.717) is 31.7 Å². The number of benzene rings is 1. The Bertz CT molecular complexity index is 725. The molecule has 9 heteroatoms. The van der Waals surface area contributed by atoms with Gasteiger partial charge < -0.3 is 29.9 Å². The molecule has 2 fully saturated rings. The van der Waals surface area contributed by atoms with Gasteiger partial charge in [-0.3, -0.25) is 4.99 Å². The Hall–Kier alpha value is -1.91. The third-order valence-corrected chi connectivity index (χ3v) is 5.85. The second-order valence-electron chi connectivity index (χ2n) is 7.86. The number of piperidine rings is 1. The van der Waals surface area contributed by atoms with Crippen molar-refractivity contribution in [3.63, 3.8) is 0 Å². The Kier molecular flexibility index (Phi) is 10.5. The molecular weight excluding hydrogens is 509 g/mol. The van der Waals surface area contributed by atoms with Crippen LogP contribution in [0.2, 0.25) is 0 Å². The molecule has 31 heavy (non-hydrogen) atoms. The van der Waals surface area contributed by atoms with Gasteiger partial charge in [0.15, 0.2) is 5.96 Å². The van der Waals surface area contributed by atoms with Crippen molar-refractivity contribution in [2.75, 3.05) is 58.4 Å². The molecule has 1 atom stereocenters. The number of aliphatic imine (C=N–C) groups is 1. The summed E-state index contributed by atoms with van der Waals surface area (Å²) in [5.41, 5.74) is 1.22. The van der Waals surface area contributed by atoms with Crippen LogP contribution in [0.15, 0.2) is 29.3 Å². The summed E-state index contributed by atoms with van der Waals surface area (Å²) in [5.74, 6) is 2.30. The fourth-order valence-corrected chi connectivity index (χ4v) is 4.09. The van der Waals surface area contributed by atoms with Crippen LogP contribution < -0.4 is 20.3 Å². The molecule has 2 aliphatic rings. The van der Waals surface area contributed by atoms with Crippen molar-refractivity contribution >= 4 is 41.7 Å². The van der Waals surface area contributed by atoms with Crippen molar-refractivity contribution in [3.05, 3.63) is 24.3 Å². The third-order valence-electron chi connectivity index (χ3n) is 5.85. The monoisotopic (exact) mass is 545 g/mol. The van der Waals surface area contributed by atoms with Crippen LogP contribution in [0, 0.1) is 5.92 Å². The molecule has 0 spiro atoms. The Morgan fingerprint density at radius 2 is 2.00 bits per heavy atom. The molecule has 174 valence electrons. The van der Waals surface area contributed by atoms with Crippen molar-refractivity contribution in [1.82, 2.24) is 15.5 Å². The number of rotatable bonds is 6. The summed E-state index contributed by atoms with van der Waals surface area (Å²) >= 11 is 0. The minimum Gasteiger partial charge on any atom is -0.497 e. The molecule has 1 aromatic rings. The predicted octanol–water partition coefficient (Wildman–Crippen LogP) is 2.93. The number of hydrogen-bond donors (Lipinski definition) is 2. The Morgan fingerprint density at radius 3 is 2.68 bits per heavy atom. The zero-order valence-electron chi connectivity index (χ0n) is 18.8. The predicted molar refractivity (Wildman–Crippen MR) is 135 cm³/mol. The van der Waals surface area contributed by atoms with Crippen molar-refractivity contribution in [2.45, 2.75) is 32.2 Å². The highest BCUT2D eigenvalue weighted by Crippen LogP contribution is 2.26. The first-order valence-electron chi connectivity index (χ1n) is 10.9. The van der Waals surface area contributed by atoms with Crippen LogP contribution in [-0.4, -0.2) is 76.5 Å². The zero-order chi connectivity index (χ0) is 21.3. The maximum atomic E-state index is 11.8. The Balaban J connectivity index is 0.00000341. The van der Waals surface area contributed by atoms with Crippen LogP contribution in [0.25, 0.3) is 0 Å². The number of carbonyl (C=O) groups excluding carboxylic acids is 1. The van der Waals surface area contributed by atoms with Gasteiger partial charge in [-0.2, -0.15) is 0 Å². The van der Waals surface area contributed by atoms with Gasteiger partial charge >= 0.3 is 6.09 Å². The molecule has 2 N–H and O–H groups in total. The second kappa shape index (κ2) is 12.8. The average Bonchev–Trinajstić information content (AvgIpc) is 3.26. The molecule has 0 aromatic heterocycles.